The molecule has 44 heavy (non-hydrogen) atoms. The van der Waals surface area contributed by atoms with Crippen molar-refractivity contribution in [3.05, 3.63) is 47.0 Å². The van der Waals surface area contributed by atoms with Crippen molar-refractivity contribution in [1.29, 1.82) is 0 Å². The van der Waals surface area contributed by atoms with Gasteiger partial charge < -0.3 is 40.9 Å². The van der Waals surface area contributed by atoms with Crippen LogP contribution in [0.4, 0.5) is 0 Å². The minimum Gasteiger partial charge on any atom is -0.478 e. The summed E-state index contributed by atoms with van der Waals surface area (Å²) >= 11 is 0. The van der Waals surface area contributed by atoms with E-state index in [1.54, 1.807) is 26.8 Å². The molecule has 0 saturated heterocycles. The van der Waals surface area contributed by atoms with E-state index in [0.717, 1.165) is 0 Å². The van der Waals surface area contributed by atoms with E-state index < -0.39 is 74.6 Å². The van der Waals surface area contributed by atoms with Gasteiger partial charge in [0, 0.05) is 22.8 Å². The number of aromatic carboxylic acids is 1. The Labute approximate surface area is 258 Å². The molecule has 1 aromatic carbocycles. The Morgan fingerprint density at radius 2 is 1.50 bits per heavy atom. The lowest BCUT2D eigenvalue weighted by Gasteiger charge is -2.63. The molecule has 244 valence electrons. The van der Waals surface area contributed by atoms with Gasteiger partial charge in [-0.3, -0.25) is 4.79 Å². The summed E-state index contributed by atoms with van der Waals surface area (Å²) < 4.78 is 0. The van der Waals surface area contributed by atoms with Gasteiger partial charge in [0.15, 0.2) is 5.78 Å². The summed E-state index contributed by atoms with van der Waals surface area (Å²) in [6.45, 7) is 8.14. The van der Waals surface area contributed by atoms with E-state index in [-0.39, 0.29) is 49.7 Å². The van der Waals surface area contributed by atoms with E-state index in [0.29, 0.717) is 18.4 Å². The highest BCUT2D eigenvalue weighted by Gasteiger charge is 2.73. The largest absolute Gasteiger partial charge is 0.478 e. The van der Waals surface area contributed by atoms with Gasteiger partial charge in [0.1, 0.15) is 11.2 Å². The summed E-state index contributed by atoms with van der Waals surface area (Å²) in [6, 6.07) is 5.94. The molecule has 0 bridgehead atoms. The molecule has 4 aliphatic rings. The Hall–Kier alpha value is -2.18. The number of ketones is 1. The van der Waals surface area contributed by atoms with Crippen molar-refractivity contribution < 1.29 is 50.4 Å². The molecule has 0 aromatic heterocycles. The molecule has 0 unspecified atom stereocenters. The molecule has 0 amide bonds. The van der Waals surface area contributed by atoms with Crippen LogP contribution in [-0.4, -0.2) is 87.2 Å². The third-order valence-electron chi connectivity index (χ3n) is 12.5. The predicted octanol–water partition coefficient (Wildman–Crippen LogP) is 2.19. The number of carbonyl (C=O) groups excluding carboxylic acids is 1. The summed E-state index contributed by atoms with van der Waals surface area (Å²) in [7, 11) is 0. The van der Waals surface area contributed by atoms with Crippen LogP contribution in [0.1, 0.15) is 102 Å². The number of hydrogen-bond donors (Lipinski definition) is 8. The standard InChI is InChI=1S/C34H48O10/c1-28(2,40)14-15-33(43,20-9-7-6-8-19(20)27(38)39)31(5,41)25-11-13-32(42)22-16-26(37)34(44)18-24(36)23(35)17-30(34,4)21(22)10-12-29(25,32)3/h6-9,16,21,23-25,35-36,40-44H,10-15,17-18H2,1-5H3,(H,38,39)/t21-,23-,24+,25-,29+,30+,31+,32+,33-,34+/m0/s1. The second kappa shape index (κ2) is 10.2. The minimum atomic E-state index is -2.15. The zero-order valence-corrected chi connectivity index (χ0v) is 26.2. The van der Waals surface area contributed by atoms with Gasteiger partial charge in [0.25, 0.3) is 0 Å². The summed E-state index contributed by atoms with van der Waals surface area (Å²) in [4.78, 5) is 25.9. The molecule has 8 N–H and O–H groups in total. The lowest BCUT2D eigenvalue weighted by Crippen LogP contribution is -2.69. The fourth-order valence-electron chi connectivity index (χ4n) is 9.72. The Bertz CT molecular complexity index is 1380. The fourth-order valence-corrected chi connectivity index (χ4v) is 9.72. The van der Waals surface area contributed by atoms with Crippen molar-refractivity contribution in [1.82, 2.24) is 0 Å². The maximum atomic E-state index is 13.6. The topological polar surface area (TPSA) is 196 Å². The van der Waals surface area contributed by atoms with Crippen LogP contribution in [0.25, 0.3) is 0 Å². The molecule has 1 aromatic rings. The van der Waals surface area contributed by atoms with E-state index >= 15 is 0 Å². The molecule has 0 radical (unpaired) electrons. The molecule has 3 saturated carbocycles. The first-order valence-electron chi connectivity index (χ1n) is 15.7. The van der Waals surface area contributed by atoms with Crippen LogP contribution in [0.15, 0.2) is 35.9 Å². The van der Waals surface area contributed by atoms with E-state index in [9.17, 15) is 50.4 Å². The summed E-state index contributed by atoms with van der Waals surface area (Å²) in [6.07, 6.45) is -0.468. The molecule has 0 heterocycles. The number of rotatable bonds is 7. The third kappa shape index (κ3) is 4.40. The van der Waals surface area contributed by atoms with Gasteiger partial charge in [-0.05, 0) is 95.3 Å². The van der Waals surface area contributed by atoms with E-state index in [2.05, 4.69) is 0 Å². The number of carboxylic acid groups (broad SMARTS) is 1. The van der Waals surface area contributed by atoms with Crippen LogP contribution in [0, 0.1) is 22.7 Å². The van der Waals surface area contributed by atoms with Crippen molar-refractivity contribution >= 4 is 11.8 Å². The number of aliphatic hydroxyl groups is 7. The molecule has 4 aliphatic carbocycles. The van der Waals surface area contributed by atoms with Crippen molar-refractivity contribution in [2.75, 3.05) is 0 Å². The van der Waals surface area contributed by atoms with E-state index in [4.69, 9.17) is 0 Å². The van der Waals surface area contributed by atoms with Crippen LogP contribution < -0.4 is 0 Å². The second-order valence-corrected chi connectivity index (χ2v) is 15.4. The Morgan fingerprint density at radius 1 is 0.886 bits per heavy atom. The highest BCUT2D eigenvalue weighted by atomic mass is 16.4. The first kappa shape index (κ1) is 33.2. The molecule has 0 aliphatic heterocycles. The Kier molecular flexibility index (Phi) is 7.66. The fraction of sp³-hybridized carbons (Fsp3) is 0.706. The quantitative estimate of drug-likeness (QED) is 0.225. The highest BCUT2D eigenvalue weighted by Crippen LogP contribution is 2.70. The zero-order chi connectivity index (χ0) is 32.9. The average molecular weight is 617 g/mol. The maximum Gasteiger partial charge on any atom is 0.336 e. The number of fused-ring (bicyclic) bond motifs is 5. The summed E-state index contributed by atoms with van der Waals surface area (Å²) in [5.74, 6) is -3.18. The number of hydrogen-bond acceptors (Lipinski definition) is 9. The van der Waals surface area contributed by atoms with Gasteiger partial charge in [-0.2, -0.15) is 0 Å². The number of aliphatic hydroxyl groups excluding tert-OH is 2. The normalized spacial score (nSPS) is 41.5. The molecule has 10 nitrogen and oxygen atoms in total. The molecule has 3 fully saturated rings. The summed E-state index contributed by atoms with van der Waals surface area (Å²) in [5, 5.41) is 91.0. The summed E-state index contributed by atoms with van der Waals surface area (Å²) in [5.41, 5.74) is -10.9. The van der Waals surface area contributed by atoms with Gasteiger partial charge in [-0.25, -0.2) is 4.79 Å². The first-order valence-corrected chi connectivity index (χ1v) is 15.7. The first-order chi connectivity index (χ1) is 20.1. The SMILES string of the molecule is CC(C)(O)CC[C@](O)(c1ccccc1C(=O)O)[C@](C)(O)[C@H]1CC[C@@]2(O)C3=CC(=O)[C@]4(O)C[C@@H](O)[C@@H](O)C[C@]4(C)[C@H]3CC[C@]12C. The van der Waals surface area contributed by atoms with Gasteiger partial charge in [-0.1, -0.05) is 32.0 Å². The van der Waals surface area contributed by atoms with Gasteiger partial charge in [0.2, 0.25) is 0 Å². The van der Waals surface area contributed by atoms with Gasteiger partial charge in [0.05, 0.1) is 34.6 Å². The number of carboxylic acids is 1. The molecule has 10 heteroatoms. The Morgan fingerprint density at radius 3 is 2.11 bits per heavy atom. The van der Waals surface area contributed by atoms with Gasteiger partial charge in [-0.15, -0.1) is 0 Å². The molecular weight excluding hydrogens is 568 g/mol. The van der Waals surface area contributed by atoms with Crippen molar-refractivity contribution in [3.63, 3.8) is 0 Å². The Balaban J connectivity index is 1.61. The van der Waals surface area contributed by atoms with Crippen molar-refractivity contribution in [3.8, 4) is 0 Å². The number of benzene rings is 1. The van der Waals surface area contributed by atoms with Crippen molar-refractivity contribution in [2.24, 2.45) is 22.7 Å². The van der Waals surface area contributed by atoms with Crippen LogP contribution in [0.2, 0.25) is 0 Å². The molecular formula is C34H48O10. The minimum absolute atomic E-state index is 0.00821. The molecule has 0 spiro atoms. The van der Waals surface area contributed by atoms with E-state index in [1.807, 2.05) is 6.92 Å². The molecule has 5 rings (SSSR count). The van der Waals surface area contributed by atoms with Gasteiger partial charge >= 0.3 is 5.97 Å². The smallest absolute Gasteiger partial charge is 0.336 e. The van der Waals surface area contributed by atoms with Crippen LogP contribution in [0.3, 0.4) is 0 Å². The third-order valence-corrected chi connectivity index (χ3v) is 12.5. The highest BCUT2D eigenvalue weighted by molar-refractivity contribution is 6.00. The van der Waals surface area contributed by atoms with Crippen LogP contribution >= 0.6 is 0 Å². The second-order valence-electron chi connectivity index (χ2n) is 15.4. The predicted molar refractivity (Wildman–Crippen MR) is 159 cm³/mol. The lowest BCUT2D eigenvalue weighted by molar-refractivity contribution is -0.227. The molecule has 10 atom stereocenters. The number of carbonyl (C=O) groups is 2. The maximum absolute atomic E-state index is 13.6. The zero-order valence-electron chi connectivity index (χ0n) is 26.2. The lowest BCUT2D eigenvalue weighted by atomic mass is 9.44. The monoisotopic (exact) mass is 616 g/mol. The van der Waals surface area contributed by atoms with E-state index in [1.165, 1.54) is 31.2 Å². The van der Waals surface area contributed by atoms with Crippen LogP contribution in [0.5, 0.6) is 0 Å². The average Bonchev–Trinajstić information content (AvgIpc) is 3.21. The van der Waals surface area contributed by atoms with Crippen molar-refractivity contribution in [2.45, 2.75) is 126 Å². The van der Waals surface area contributed by atoms with Crippen LogP contribution in [-0.2, 0) is 10.4 Å².